The number of aliphatic imine (C=N–C) groups is 1. The van der Waals surface area contributed by atoms with Crippen LogP contribution < -0.4 is 0 Å². The number of azo groups is 1. The molecule has 120 valence electrons. The number of benzene rings is 1. The molecule has 0 saturated heterocycles. The lowest BCUT2D eigenvalue weighted by Crippen LogP contribution is -2.23. The second-order valence-corrected chi connectivity index (χ2v) is 7.72. The number of amidine groups is 1. The fourth-order valence-electron chi connectivity index (χ4n) is 1.40. The summed E-state index contributed by atoms with van der Waals surface area (Å²) in [5, 5.41) is 7.13. The lowest BCUT2D eigenvalue weighted by molar-refractivity contribution is -0.0435. The lowest BCUT2D eigenvalue weighted by atomic mass is 10.3. The molecule has 0 aliphatic carbocycles. The molecule has 0 saturated carbocycles. The van der Waals surface area contributed by atoms with Gasteiger partial charge in [-0.05, 0) is 12.1 Å². The molecule has 0 N–H and O–H groups in total. The Balaban J connectivity index is 2.41. The molecule has 0 bridgehead atoms. The van der Waals surface area contributed by atoms with Crippen molar-refractivity contribution in [2.24, 2.45) is 15.2 Å². The predicted molar refractivity (Wildman–Crippen MR) is 79.0 cm³/mol. The SMILES string of the molecule is O=S(=O)(c1cc(Cl)c(N=NC2=NCCS2)c(Cl)c1)C(F)(F)F. The first-order valence-corrected chi connectivity index (χ1v) is 8.75. The fourth-order valence-corrected chi connectivity index (χ4v) is 3.56. The zero-order valence-corrected chi connectivity index (χ0v) is 13.6. The van der Waals surface area contributed by atoms with E-state index in [-0.39, 0.29) is 15.7 Å². The number of hydrogen-bond acceptors (Lipinski definition) is 6. The van der Waals surface area contributed by atoms with Crippen molar-refractivity contribution < 1.29 is 21.6 Å². The van der Waals surface area contributed by atoms with Gasteiger partial charge in [0, 0.05) is 5.75 Å². The molecular formula is C10H6Cl2F3N3O2S2. The number of thioether (sulfide) groups is 1. The van der Waals surface area contributed by atoms with E-state index >= 15 is 0 Å². The summed E-state index contributed by atoms with van der Waals surface area (Å²) in [6, 6.07) is 1.27. The normalized spacial score (nSPS) is 16.3. The van der Waals surface area contributed by atoms with Gasteiger partial charge < -0.3 is 0 Å². The minimum Gasteiger partial charge on any atom is -0.258 e. The van der Waals surface area contributed by atoms with Gasteiger partial charge in [0.2, 0.25) is 5.17 Å². The molecule has 1 heterocycles. The smallest absolute Gasteiger partial charge is 0.258 e. The summed E-state index contributed by atoms with van der Waals surface area (Å²) in [5.41, 5.74) is -5.57. The average Bonchev–Trinajstić information content (AvgIpc) is 2.89. The molecule has 1 aliphatic heterocycles. The Kier molecular flexibility index (Phi) is 5.05. The highest BCUT2D eigenvalue weighted by Gasteiger charge is 2.47. The van der Waals surface area contributed by atoms with Gasteiger partial charge in [0.25, 0.3) is 9.84 Å². The van der Waals surface area contributed by atoms with Crippen LogP contribution in [0.3, 0.4) is 0 Å². The third-order valence-corrected chi connectivity index (χ3v) is 5.31. The van der Waals surface area contributed by atoms with Crippen molar-refractivity contribution in [1.29, 1.82) is 0 Å². The minimum atomic E-state index is -5.54. The van der Waals surface area contributed by atoms with Crippen molar-refractivity contribution in [3.63, 3.8) is 0 Å². The molecule has 12 heteroatoms. The summed E-state index contributed by atoms with van der Waals surface area (Å²) >= 11 is 12.9. The van der Waals surface area contributed by atoms with Crippen LogP contribution in [0.2, 0.25) is 10.0 Å². The molecule has 0 aromatic heterocycles. The van der Waals surface area contributed by atoms with Crippen LogP contribution in [-0.4, -0.2) is 31.4 Å². The zero-order valence-electron chi connectivity index (χ0n) is 10.4. The van der Waals surface area contributed by atoms with Crippen molar-refractivity contribution in [3.05, 3.63) is 22.2 Å². The Morgan fingerprint density at radius 2 is 1.77 bits per heavy atom. The highest BCUT2D eigenvalue weighted by molar-refractivity contribution is 8.14. The van der Waals surface area contributed by atoms with E-state index in [0.717, 1.165) is 5.75 Å². The van der Waals surface area contributed by atoms with Crippen molar-refractivity contribution in [1.82, 2.24) is 0 Å². The summed E-state index contributed by atoms with van der Waals surface area (Å²) in [6.07, 6.45) is 0. The monoisotopic (exact) mass is 391 g/mol. The van der Waals surface area contributed by atoms with Crippen molar-refractivity contribution >= 4 is 55.7 Å². The molecule has 0 atom stereocenters. The summed E-state index contributed by atoms with van der Waals surface area (Å²) in [4.78, 5) is 2.93. The standard InChI is InChI=1S/C10H6Cl2F3N3O2S2/c11-6-3-5(22(19,20)10(13,14)15)4-7(12)8(6)17-18-9-16-1-2-21-9/h3-4H,1-2H2. The Hall–Kier alpha value is -0.840. The van der Waals surface area contributed by atoms with Gasteiger partial charge in [-0.1, -0.05) is 35.0 Å². The van der Waals surface area contributed by atoms with Gasteiger partial charge in [-0.3, -0.25) is 4.99 Å². The zero-order chi connectivity index (χ0) is 16.5. The van der Waals surface area contributed by atoms with E-state index in [1.165, 1.54) is 11.8 Å². The van der Waals surface area contributed by atoms with E-state index in [0.29, 0.717) is 23.8 Å². The van der Waals surface area contributed by atoms with Crippen LogP contribution in [0, 0.1) is 0 Å². The molecule has 5 nitrogen and oxygen atoms in total. The number of rotatable bonds is 2. The first kappa shape index (κ1) is 17.5. The van der Waals surface area contributed by atoms with E-state index in [1.54, 1.807) is 0 Å². The van der Waals surface area contributed by atoms with E-state index in [9.17, 15) is 21.6 Å². The van der Waals surface area contributed by atoms with Crippen LogP contribution in [0.25, 0.3) is 0 Å². The largest absolute Gasteiger partial charge is 0.501 e. The number of alkyl halides is 3. The third kappa shape index (κ3) is 3.55. The number of hydrogen-bond donors (Lipinski definition) is 0. The molecule has 0 radical (unpaired) electrons. The molecule has 0 unspecified atom stereocenters. The van der Waals surface area contributed by atoms with Crippen LogP contribution in [-0.2, 0) is 9.84 Å². The molecule has 0 amide bonds. The number of halogens is 5. The van der Waals surface area contributed by atoms with Crippen LogP contribution >= 0.6 is 35.0 Å². The van der Waals surface area contributed by atoms with Crippen LogP contribution in [0.4, 0.5) is 18.9 Å². The maximum absolute atomic E-state index is 12.5. The van der Waals surface area contributed by atoms with Gasteiger partial charge in [0.1, 0.15) is 5.69 Å². The summed E-state index contributed by atoms with van der Waals surface area (Å²) in [5.74, 6) is 0.749. The fraction of sp³-hybridized carbons (Fsp3) is 0.300. The topological polar surface area (TPSA) is 71.2 Å². The van der Waals surface area contributed by atoms with Gasteiger partial charge in [-0.2, -0.15) is 13.2 Å². The molecule has 1 aliphatic rings. The molecule has 1 aromatic rings. The number of nitrogens with zero attached hydrogens (tertiary/aromatic N) is 3. The summed E-state index contributed by atoms with van der Waals surface area (Å²) in [7, 11) is -5.54. The second kappa shape index (κ2) is 6.34. The van der Waals surface area contributed by atoms with Gasteiger partial charge in [0.05, 0.1) is 21.5 Å². The Morgan fingerprint density at radius 3 is 2.23 bits per heavy atom. The minimum absolute atomic E-state index is 0.125. The number of sulfone groups is 1. The lowest BCUT2D eigenvalue weighted by Gasteiger charge is -2.10. The Labute approximate surface area is 137 Å². The highest BCUT2D eigenvalue weighted by Crippen LogP contribution is 2.39. The molecule has 22 heavy (non-hydrogen) atoms. The predicted octanol–water partition coefficient (Wildman–Crippen LogP) is 4.47. The van der Waals surface area contributed by atoms with E-state index in [1.807, 2.05) is 0 Å². The Morgan fingerprint density at radius 1 is 1.18 bits per heavy atom. The maximum atomic E-state index is 12.5. The third-order valence-electron chi connectivity index (χ3n) is 2.41. The first-order valence-electron chi connectivity index (χ1n) is 5.52. The molecule has 0 spiro atoms. The van der Waals surface area contributed by atoms with Crippen molar-refractivity contribution in [3.8, 4) is 0 Å². The average molecular weight is 392 g/mol. The van der Waals surface area contributed by atoms with Gasteiger partial charge in [0.15, 0.2) is 0 Å². The van der Waals surface area contributed by atoms with E-state index < -0.39 is 20.2 Å². The molecule has 0 fully saturated rings. The molecular weight excluding hydrogens is 386 g/mol. The van der Waals surface area contributed by atoms with Crippen LogP contribution in [0.5, 0.6) is 0 Å². The van der Waals surface area contributed by atoms with Gasteiger partial charge in [-0.25, -0.2) is 8.42 Å². The summed E-state index contributed by atoms with van der Waals surface area (Å²) in [6.45, 7) is 0.587. The van der Waals surface area contributed by atoms with Crippen LogP contribution in [0.1, 0.15) is 0 Å². The van der Waals surface area contributed by atoms with E-state index in [4.69, 9.17) is 23.2 Å². The van der Waals surface area contributed by atoms with E-state index in [2.05, 4.69) is 15.2 Å². The molecule has 2 rings (SSSR count). The quantitative estimate of drug-likeness (QED) is 0.697. The van der Waals surface area contributed by atoms with Crippen LogP contribution in [0.15, 0.2) is 32.2 Å². The van der Waals surface area contributed by atoms with Gasteiger partial charge in [-0.15, -0.1) is 10.2 Å². The van der Waals surface area contributed by atoms with Crippen molar-refractivity contribution in [2.75, 3.05) is 12.3 Å². The first-order chi connectivity index (χ1) is 10.1. The maximum Gasteiger partial charge on any atom is 0.501 e. The highest BCUT2D eigenvalue weighted by atomic mass is 35.5. The molecule has 1 aromatic carbocycles. The summed E-state index contributed by atoms with van der Waals surface area (Å²) < 4.78 is 60.1. The van der Waals surface area contributed by atoms with Crippen molar-refractivity contribution in [2.45, 2.75) is 10.4 Å². The van der Waals surface area contributed by atoms with Gasteiger partial charge >= 0.3 is 5.51 Å². The Bertz CT molecular complexity index is 740. The second-order valence-electron chi connectivity index (χ2n) is 3.90.